The molecule has 42 heteroatoms. The molecule has 19 aromatic carbocycles. The van der Waals surface area contributed by atoms with Gasteiger partial charge in [0.2, 0.25) is 0 Å². The Morgan fingerprint density at radius 3 is 0.347 bits per heavy atom. The van der Waals surface area contributed by atoms with Crippen LogP contribution in [-0.2, 0) is 60.7 Å². The molecule has 0 radical (unpaired) electrons. The number of rotatable bonds is 42. The summed E-state index contributed by atoms with van der Waals surface area (Å²) in [5, 5.41) is 12.6. The maximum absolute atomic E-state index is 12.6. The summed E-state index contributed by atoms with van der Waals surface area (Å²) >= 11 is 0. The Morgan fingerprint density at radius 2 is 0.253 bits per heavy atom. The van der Waals surface area contributed by atoms with Crippen LogP contribution in [0.4, 0.5) is 0 Å². The first kappa shape index (κ1) is 108. The van der Waals surface area contributed by atoms with Crippen molar-refractivity contribution in [3.05, 3.63) is 182 Å². The molecular formula is C108H108O36S6. The van der Waals surface area contributed by atoms with E-state index in [1.807, 2.05) is 36.4 Å². The Labute approximate surface area is 863 Å². The molecule has 0 aliphatic heterocycles. The van der Waals surface area contributed by atoms with Crippen molar-refractivity contribution in [1.29, 1.82) is 0 Å². The SMILES string of the molecule is COc1cc2c(cc1OC)c1c3cc(OCCCS(=O)(=O)O)cc(c3)c3cc(OCCCS(=O)(=O)O)cc(c3)c3c4cc(OC)c(OC)cc4c(c4cc(OCCCS(=O)(=O)O)cc(c4)c4cc(OCCCS(=O)(=O)O)cc(c4)c4c5cc(OC)c(OC)cc5c(c5cc(OCCCS(=O)(=O)O)cc(c5)c5cc(OCCCS(=O)(=O)O)cc(c5)c2c2cc(OC)c(OC)cc21)c1cc(OC)c(OC)cc14)c1cc(OC)c(OC)cc13. The largest absolute Gasteiger partial charge is 0.494 e. The van der Waals surface area contributed by atoms with Crippen LogP contribution in [0.25, 0.3) is 162 Å². The molecule has 0 amide bonds. The molecule has 36 nitrogen and oxygen atoms in total. The highest BCUT2D eigenvalue weighted by Crippen LogP contribution is 2.53. The van der Waals surface area contributed by atoms with Crippen molar-refractivity contribution in [2.75, 3.05) is 159 Å². The van der Waals surface area contributed by atoms with E-state index < -0.39 is 95.2 Å². The summed E-state index contributed by atoms with van der Waals surface area (Å²) in [5.74, 6) is -0.850. The lowest BCUT2D eigenvalue weighted by Crippen LogP contribution is -2.08. The molecule has 0 atom stereocenters. The van der Waals surface area contributed by atoms with Crippen LogP contribution in [0, 0.1) is 0 Å². The van der Waals surface area contributed by atoms with E-state index in [0.29, 0.717) is 162 Å². The summed E-state index contributed by atoms with van der Waals surface area (Å²) in [5.41, 5.74) is 0. The van der Waals surface area contributed by atoms with Crippen LogP contribution in [0.3, 0.4) is 0 Å². The molecule has 19 rings (SSSR count). The van der Waals surface area contributed by atoms with Gasteiger partial charge in [0.15, 0.2) is 69.0 Å². The molecule has 0 aliphatic rings. The molecule has 0 saturated heterocycles. The highest BCUT2D eigenvalue weighted by Gasteiger charge is 2.27. The first-order valence-electron chi connectivity index (χ1n) is 46.7. The van der Waals surface area contributed by atoms with Crippen LogP contribution in [0.5, 0.6) is 103 Å². The van der Waals surface area contributed by atoms with E-state index in [-0.39, 0.29) is 182 Å². The van der Waals surface area contributed by atoms with E-state index in [4.69, 9.17) is 85.3 Å². The maximum atomic E-state index is 12.6. The fourth-order valence-electron chi connectivity index (χ4n) is 19.0. The standard InChI is InChI=1S/C108H108O36S6/c1-127-91-49-79-80(50-92(91)128-2)104-68-32-62(38-74(44-68)140-20-14-26-146(112,113)114)64-34-70(46-76(40-64)142-22-16-28-148(118,119)120)106-87-57-99(135-9)101(137-11)59-89(87)108(90-60-102(138-12)100(136-10)58-88(90)106)72-36-66(42-78(48-72)144-24-18-30-150(124,125)126)65-35-71(47-77(41-65)143-23-17-29-149(121,122)123)107-85-55-97(133-7)95(131-5)53-83(85)105(84-54-96(132-6)98(134-8)56-86(84)107)69-33-63(39-75(45-69)141-21-15-27-147(115,116)117)61-31-67(43-73(37-61)139-19-13-25-145(109,110)111)103(79)81-51-93(129-3)94(130-4)52-82(81)104/h31-60H,13-30H2,1-12H3,(H,109,110,111)(H,112,113,114)(H,115,116,117)(H,118,119,120)(H,121,122,123)(H,124,125,126). The second kappa shape index (κ2) is 44.9. The Morgan fingerprint density at radius 1 is 0.153 bits per heavy atom. The minimum absolute atomic E-state index is 0.127. The summed E-state index contributed by atoms with van der Waals surface area (Å²) < 4.78 is 328. The van der Waals surface area contributed by atoms with E-state index in [0.717, 1.165) is 0 Å². The van der Waals surface area contributed by atoms with E-state index >= 15 is 0 Å². The summed E-state index contributed by atoms with van der Waals surface area (Å²) in [6.45, 7) is -1.80. The van der Waals surface area contributed by atoms with Crippen LogP contribution >= 0.6 is 0 Å². The van der Waals surface area contributed by atoms with Crippen molar-refractivity contribution in [2.24, 2.45) is 0 Å². The molecule has 0 fully saturated rings. The van der Waals surface area contributed by atoms with Crippen molar-refractivity contribution in [2.45, 2.75) is 38.5 Å². The van der Waals surface area contributed by atoms with Crippen LogP contribution in [0.15, 0.2) is 182 Å². The van der Waals surface area contributed by atoms with Crippen molar-refractivity contribution in [3.63, 3.8) is 0 Å². The van der Waals surface area contributed by atoms with E-state index in [2.05, 4.69) is 0 Å². The molecule has 0 saturated carbocycles. The topological polar surface area (TPSA) is 492 Å². The van der Waals surface area contributed by atoms with Gasteiger partial charge in [0.25, 0.3) is 60.7 Å². The Kier molecular flexibility index (Phi) is 32.4. The van der Waals surface area contributed by atoms with Gasteiger partial charge in [0, 0.05) is 0 Å². The average Bonchev–Trinajstić information content (AvgIpc) is 0.721. The lowest BCUT2D eigenvalue weighted by atomic mass is 9.89. The molecular weight excluding hydrogens is 2070 g/mol. The molecule has 150 heavy (non-hydrogen) atoms. The zero-order valence-corrected chi connectivity index (χ0v) is 88.3. The molecule has 0 spiro atoms. The number of hydrogen-bond donors (Lipinski definition) is 6. The lowest BCUT2D eigenvalue weighted by molar-refractivity contribution is 0.316. The fourth-order valence-corrected chi connectivity index (χ4v) is 21.9. The van der Waals surface area contributed by atoms with Crippen molar-refractivity contribution in [3.8, 4) is 103 Å². The Balaban J connectivity index is 1.25. The van der Waals surface area contributed by atoms with Crippen molar-refractivity contribution in [1.82, 2.24) is 0 Å². The maximum Gasteiger partial charge on any atom is 0.264 e. The summed E-state index contributed by atoms with van der Waals surface area (Å²) in [6, 6.07) is 53.1. The normalized spacial score (nSPS) is 12.2. The third kappa shape index (κ3) is 24.6. The van der Waals surface area contributed by atoms with Gasteiger partial charge in [0.05, 0.1) is 159 Å². The summed E-state index contributed by atoms with van der Waals surface area (Å²) in [4.78, 5) is 0. The van der Waals surface area contributed by atoms with Gasteiger partial charge in [-0.15, -0.1) is 0 Å². The van der Waals surface area contributed by atoms with Gasteiger partial charge in [0.1, 0.15) is 34.5 Å². The zero-order chi connectivity index (χ0) is 107. The number of hydrogen-bond acceptors (Lipinski definition) is 30. The molecule has 792 valence electrons. The molecule has 0 unspecified atom stereocenters. The van der Waals surface area contributed by atoms with E-state index in [9.17, 15) is 77.8 Å². The van der Waals surface area contributed by atoms with Gasteiger partial charge in [-0.05, 0) is 382 Å². The number of methoxy groups -OCH3 is 12. The first-order chi connectivity index (χ1) is 71.4. The predicted octanol–water partition coefficient (Wildman–Crippen LogP) is 20.4. The van der Waals surface area contributed by atoms with Gasteiger partial charge < -0.3 is 85.3 Å². The minimum atomic E-state index is -4.56. The summed E-state index contributed by atoms with van der Waals surface area (Å²) in [7, 11) is -9.90. The molecule has 0 heterocycles. The van der Waals surface area contributed by atoms with E-state index in [1.165, 1.54) is 85.3 Å². The average molecular weight is 2170 g/mol. The molecule has 6 N–H and O–H groups in total. The van der Waals surface area contributed by atoms with Crippen LogP contribution in [-0.4, -0.2) is 237 Å². The van der Waals surface area contributed by atoms with Gasteiger partial charge in [-0.25, -0.2) is 0 Å². The Hall–Kier alpha value is -14.3. The molecule has 18 bridgehead atoms. The minimum Gasteiger partial charge on any atom is -0.494 e. The first-order valence-corrected chi connectivity index (χ1v) is 56.4. The highest BCUT2D eigenvalue weighted by molar-refractivity contribution is 7.87. The van der Waals surface area contributed by atoms with E-state index in [1.54, 1.807) is 146 Å². The van der Waals surface area contributed by atoms with Gasteiger partial charge in [-0.3, -0.25) is 27.3 Å². The molecule has 0 aromatic heterocycles. The quantitative estimate of drug-likeness (QED) is 0.0118. The van der Waals surface area contributed by atoms with Crippen molar-refractivity contribution >= 4 is 222 Å². The lowest BCUT2D eigenvalue weighted by Gasteiger charge is -2.18. The predicted molar refractivity (Wildman–Crippen MR) is 580 cm³/mol. The number of ether oxygens (including phenoxy) is 18. The third-order valence-electron chi connectivity index (χ3n) is 25.4. The Bertz CT molecular complexity index is 7570. The van der Waals surface area contributed by atoms with Crippen LogP contribution < -0.4 is 85.3 Å². The van der Waals surface area contributed by atoms with Crippen LogP contribution in [0.2, 0.25) is 0 Å². The second-order valence-corrected chi connectivity index (χ2v) is 44.6. The van der Waals surface area contributed by atoms with Gasteiger partial charge in [-0.2, -0.15) is 50.5 Å². The van der Waals surface area contributed by atoms with Gasteiger partial charge in [-0.1, -0.05) is 0 Å². The molecule has 19 aromatic rings. The van der Waals surface area contributed by atoms with Crippen molar-refractivity contribution < 1.29 is 163 Å². The third-order valence-corrected chi connectivity index (χ3v) is 30.3. The summed E-state index contributed by atoms with van der Waals surface area (Å²) in [6.07, 6.45) is -1.32. The zero-order valence-electron chi connectivity index (χ0n) is 83.4. The molecule has 0 aliphatic carbocycles. The number of benzene rings is 15. The van der Waals surface area contributed by atoms with Gasteiger partial charge >= 0.3 is 0 Å². The monoisotopic (exact) mass is 2170 g/mol. The smallest absolute Gasteiger partial charge is 0.264 e. The fraction of sp³-hybridized carbons (Fsp3) is 0.278. The van der Waals surface area contributed by atoms with Crippen LogP contribution in [0.1, 0.15) is 38.5 Å². The second-order valence-electron chi connectivity index (χ2n) is 35.2. The highest BCUT2D eigenvalue weighted by atomic mass is 32.2.